The van der Waals surface area contributed by atoms with Gasteiger partial charge in [-0.15, -0.1) is 0 Å². The van der Waals surface area contributed by atoms with Crippen molar-refractivity contribution in [2.24, 2.45) is 17.8 Å². The number of esters is 1. The average Bonchev–Trinajstić information content (AvgIpc) is 3.31. The second kappa shape index (κ2) is 13.3. The predicted octanol–water partition coefficient (Wildman–Crippen LogP) is 2.67. The highest BCUT2D eigenvalue weighted by Gasteiger charge is 2.61. The number of hydrogen-bond donors (Lipinski definition) is 3. The summed E-state index contributed by atoms with van der Waals surface area (Å²) in [5, 5.41) is 6.69. The van der Waals surface area contributed by atoms with E-state index in [1.807, 2.05) is 0 Å². The molecule has 3 saturated heterocycles. The Morgan fingerprint density at radius 2 is 1.80 bits per heavy atom. The van der Waals surface area contributed by atoms with Gasteiger partial charge >= 0.3 is 18.1 Å². The normalized spacial score (nSPS) is 28.0. The smallest absolute Gasteiger partial charge is 0.461 e. The number of piperidine rings is 2. The van der Waals surface area contributed by atoms with Crippen molar-refractivity contribution in [3.05, 3.63) is 11.9 Å². The number of ether oxygens (including phenoxy) is 1. The van der Waals surface area contributed by atoms with E-state index in [0.717, 1.165) is 11.3 Å². The fraction of sp³-hybridized carbons (Fsp3) is 0.750. The van der Waals surface area contributed by atoms with E-state index in [0.29, 0.717) is 31.9 Å². The van der Waals surface area contributed by atoms with Gasteiger partial charge in [-0.05, 0) is 51.0 Å². The molecule has 3 N–H and O–H groups in total. The summed E-state index contributed by atoms with van der Waals surface area (Å²) in [5.74, 6) is -13.7. The Balaban J connectivity index is 1.64. The molecule has 44 heavy (non-hydrogen) atoms. The van der Waals surface area contributed by atoms with Gasteiger partial charge in [0, 0.05) is 24.9 Å². The second-order valence-corrected chi connectivity index (χ2v) is 11.9. The quantitative estimate of drug-likeness (QED) is 0.181. The van der Waals surface area contributed by atoms with E-state index in [1.165, 1.54) is 6.92 Å². The van der Waals surface area contributed by atoms with Crippen molar-refractivity contribution in [1.29, 1.82) is 0 Å². The topological polar surface area (TPSA) is 134 Å². The molecular formula is C28H36F6N4O6. The van der Waals surface area contributed by atoms with E-state index >= 15 is 8.78 Å². The highest BCUT2D eigenvalue weighted by Crippen LogP contribution is 2.49. The molecule has 0 aromatic heterocycles. The molecule has 2 aliphatic carbocycles. The van der Waals surface area contributed by atoms with Crippen LogP contribution in [0.15, 0.2) is 11.9 Å². The van der Waals surface area contributed by atoms with E-state index in [9.17, 15) is 41.5 Å². The van der Waals surface area contributed by atoms with Crippen LogP contribution in [0, 0.1) is 17.8 Å². The lowest BCUT2D eigenvalue weighted by Gasteiger charge is -2.54. The van der Waals surface area contributed by atoms with E-state index in [2.05, 4.69) is 15.4 Å². The summed E-state index contributed by atoms with van der Waals surface area (Å²) in [6.45, 7) is 1.58. The van der Waals surface area contributed by atoms with Crippen molar-refractivity contribution >= 4 is 29.6 Å². The molecule has 0 spiro atoms. The van der Waals surface area contributed by atoms with Crippen LogP contribution in [0.4, 0.5) is 26.3 Å². The first-order valence-corrected chi connectivity index (χ1v) is 14.8. The summed E-state index contributed by atoms with van der Waals surface area (Å²) < 4.78 is 89.1. The number of hydrogen-bond acceptors (Lipinski definition) is 6. The van der Waals surface area contributed by atoms with Crippen LogP contribution in [0.25, 0.3) is 0 Å². The van der Waals surface area contributed by atoms with Crippen molar-refractivity contribution in [1.82, 2.24) is 20.9 Å². The molecule has 0 aromatic carbocycles. The van der Waals surface area contributed by atoms with Crippen molar-refractivity contribution in [2.75, 3.05) is 13.2 Å². The molecule has 246 valence electrons. The van der Waals surface area contributed by atoms with Crippen LogP contribution < -0.4 is 16.0 Å². The van der Waals surface area contributed by atoms with Gasteiger partial charge in [0.25, 0.3) is 5.92 Å². The molecule has 0 aromatic rings. The first kappa shape index (κ1) is 33.6. The highest BCUT2D eigenvalue weighted by atomic mass is 19.4. The Hall–Kier alpha value is -3.33. The van der Waals surface area contributed by atoms with Crippen LogP contribution in [0.1, 0.15) is 64.7 Å². The van der Waals surface area contributed by atoms with Gasteiger partial charge in [-0.1, -0.05) is 19.3 Å². The largest absolute Gasteiger partial charge is 0.471 e. The summed E-state index contributed by atoms with van der Waals surface area (Å²) in [5.41, 5.74) is 0. The number of carbonyl (C=O) groups excluding carboxylic acids is 5. The number of nitrogens with one attached hydrogen (secondary N) is 3. The predicted molar refractivity (Wildman–Crippen MR) is 140 cm³/mol. The number of fused-ring (bicyclic) bond motifs is 3. The van der Waals surface area contributed by atoms with Crippen LogP contribution in [0.3, 0.4) is 0 Å². The fourth-order valence-electron chi connectivity index (χ4n) is 6.59. The third kappa shape index (κ3) is 7.48. The molecule has 16 heteroatoms. The number of carbonyl (C=O) groups is 5. The molecular weight excluding hydrogens is 602 g/mol. The van der Waals surface area contributed by atoms with Crippen LogP contribution in [-0.4, -0.2) is 83.9 Å². The molecule has 10 nitrogen and oxygen atoms in total. The molecule has 5 rings (SSSR count). The van der Waals surface area contributed by atoms with Crippen LogP contribution in [0.5, 0.6) is 0 Å². The van der Waals surface area contributed by atoms with Gasteiger partial charge < -0.3 is 25.6 Å². The van der Waals surface area contributed by atoms with Gasteiger partial charge in [0.1, 0.15) is 12.1 Å². The van der Waals surface area contributed by atoms with E-state index in [4.69, 9.17) is 0 Å². The van der Waals surface area contributed by atoms with Crippen molar-refractivity contribution in [3.63, 3.8) is 0 Å². The number of halogens is 6. The number of amides is 4. The third-order valence-corrected chi connectivity index (χ3v) is 8.96. The Bertz CT molecular complexity index is 1180. The maximum Gasteiger partial charge on any atom is 0.471 e. The minimum Gasteiger partial charge on any atom is -0.461 e. The standard InChI is InChI=1S/C28H36F6N4O6/c1-2-44-25(42)19(29)12-16(11-15-8-9-35-22(15)39)36-23(40)21-18-7-6-17(13-27(18,30)31)38(21)24(41)20(10-14-4-3-5-14)37-26(43)28(32,33)34/h12,14-18,20-21H,2-11,13H2,1H3,(H,35,39)(H,36,40)(H,37,43)/b19-12+/t15-,16+,17-,18-,20-,21-/m0/s1. The zero-order valence-corrected chi connectivity index (χ0v) is 24.1. The summed E-state index contributed by atoms with van der Waals surface area (Å²) in [7, 11) is 0. The molecule has 2 bridgehead atoms. The monoisotopic (exact) mass is 638 g/mol. The summed E-state index contributed by atoms with van der Waals surface area (Å²) >= 11 is 0. The maximum absolute atomic E-state index is 15.2. The first-order valence-electron chi connectivity index (χ1n) is 14.8. The molecule has 4 amide bonds. The fourth-order valence-corrected chi connectivity index (χ4v) is 6.59. The van der Waals surface area contributed by atoms with Gasteiger partial charge in [-0.2, -0.15) is 17.6 Å². The Kier molecular flexibility index (Phi) is 10.2. The molecule has 5 aliphatic rings. The summed E-state index contributed by atoms with van der Waals surface area (Å²) in [6, 6.07) is -6.15. The Morgan fingerprint density at radius 1 is 1.09 bits per heavy atom. The minimum absolute atomic E-state index is 0.0577. The minimum atomic E-state index is -5.31. The molecule has 3 aliphatic heterocycles. The number of nitrogens with zero attached hydrogens (tertiary/aromatic N) is 1. The zero-order valence-electron chi connectivity index (χ0n) is 24.1. The summed E-state index contributed by atoms with van der Waals surface area (Å²) in [4.78, 5) is 64.4. The van der Waals surface area contributed by atoms with E-state index in [1.54, 1.807) is 5.32 Å². The molecule has 3 heterocycles. The Labute approximate surface area is 249 Å². The second-order valence-electron chi connectivity index (χ2n) is 11.9. The average molecular weight is 639 g/mol. The molecule has 5 fully saturated rings. The van der Waals surface area contributed by atoms with Crippen molar-refractivity contribution in [2.45, 2.75) is 101 Å². The lowest BCUT2D eigenvalue weighted by atomic mass is 9.71. The van der Waals surface area contributed by atoms with Crippen LogP contribution in [-0.2, 0) is 28.7 Å². The van der Waals surface area contributed by atoms with Crippen molar-refractivity contribution < 1.29 is 55.1 Å². The van der Waals surface area contributed by atoms with Crippen molar-refractivity contribution in [3.8, 4) is 0 Å². The highest BCUT2D eigenvalue weighted by molar-refractivity contribution is 5.94. The SMILES string of the molecule is CCOC(=O)/C(F)=C\[C@@H](C[C@@H]1CCNC1=O)NC(=O)[C@@H]1[C@@H]2CC[C@@H](CC2(F)F)N1C(=O)[C@H](CC1CCC1)NC(=O)C(F)(F)F. The third-order valence-electron chi connectivity index (χ3n) is 8.96. The van der Waals surface area contributed by atoms with Gasteiger partial charge in [0.05, 0.1) is 18.6 Å². The van der Waals surface area contributed by atoms with Gasteiger partial charge in [0.15, 0.2) is 0 Å². The molecule has 0 unspecified atom stereocenters. The van der Waals surface area contributed by atoms with Gasteiger partial charge in [0.2, 0.25) is 23.5 Å². The number of alkyl halides is 5. The van der Waals surface area contributed by atoms with E-state index in [-0.39, 0.29) is 38.2 Å². The maximum atomic E-state index is 15.2. The van der Waals surface area contributed by atoms with Gasteiger partial charge in [-0.25, -0.2) is 13.6 Å². The number of rotatable bonds is 11. The van der Waals surface area contributed by atoms with Gasteiger partial charge in [-0.3, -0.25) is 19.2 Å². The Morgan fingerprint density at radius 3 is 2.34 bits per heavy atom. The van der Waals surface area contributed by atoms with Crippen LogP contribution in [0.2, 0.25) is 0 Å². The molecule has 0 radical (unpaired) electrons. The lowest BCUT2D eigenvalue weighted by Crippen LogP contribution is -2.71. The summed E-state index contributed by atoms with van der Waals surface area (Å²) in [6.07, 6.45) is -3.60. The first-order chi connectivity index (χ1) is 20.6. The van der Waals surface area contributed by atoms with Crippen LogP contribution >= 0.6 is 0 Å². The molecule has 2 saturated carbocycles. The lowest BCUT2D eigenvalue weighted by molar-refractivity contribution is -0.196. The molecule has 6 atom stereocenters. The van der Waals surface area contributed by atoms with E-state index < -0.39 is 89.9 Å². The zero-order chi connectivity index (χ0) is 32.4.